The van der Waals surface area contributed by atoms with Gasteiger partial charge in [-0.1, -0.05) is 54.6 Å². The molecule has 0 saturated carbocycles. The second-order valence-electron chi connectivity index (χ2n) is 7.18. The summed E-state index contributed by atoms with van der Waals surface area (Å²) in [6.45, 7) is 3.74. The first kappa shape index (κ1) is 18.8. The molecule has 4 nitrogen and oxygen atoms in total. The van der Waals surface area contributed by atoms with E-state index in [0.717, 1.165) is 16.3 Å². The Hall–Kier alpha value is -3.01. The van der Waals surface area contributed by atoms with E-state index in [1.807, 2.05) is 54.6 Å². The number of phenolic OH excluding ortho intramolecular Hbond substituents is 1. The highest BCUT2D eigenvalue weighted by atomic mass is 16.6. The Morgan fingerprint density at radius 2 is 1.59 bits per heavy atom. The number of carbonyl (C=O) groups is 1. The molecule has 4 heteroatoms. The number of phenols is 1. The summed E-state index contributed by atoms with van der Waals surface area (Å²) in [4.78, 5) is 12.2. The van der Waals surface area contributed by atoms with Crippen LogP contribution in [0.25, 0.3) is 10.8 Å². The monoisotopic (exact) mass is 364 g/mol. The summed E-state index contributed by atoms with van der Waals surface area (Å²) in [7, 11) is 0. The summed E-state index contributed by atoms with van der Waals surface area (Å²) in [5.74, 6) is 0.178. The third kappa shape index (κ3) is 5.23. The Labute approximate surface area is 159 Å². The van der Waals surface area contributed by atoms with E-state index in [0.29, 0.717) is 18.6 Å². The zero-order chi connectivity index (χ0) is 19.3. The highest BCUT2D eigenvalue weighted by Gasteiger charge is 2.24. The predicted octanol–water partition coefficient (Wildman–Crippen LogP) is 4.88. The van der Waals surface area contributed by atoms with Crippen molar-refractivity contribution in [2.45, 2.75) is 32.3 Å². The topological polar surface area (TPSA) is 55.8 Å². The van der Waals surface area contributed by atoms with Crippen LogP contribution < -0.4 is 4.74 Å². The summed E-state index contributed by atoms with van der Waals surface area (Å²) < 4.78 is 11.3. The number of hydrogen-bond acceptors (Lipinski definition) is 4. The van der Waals surface area contributed by atoms with Gasteiger partial charge in [-0.05, 0) is 48.7 Å². The van der Waals surface area contributed by atoms with Crippen LogP contribution in [0.2, 0.25) is 0 Å². The van der Waals surface area contributed by atoms with Crippen molar-refractivity contribution >= 4 is 16.7 Å². The summed E-state index contributed by atoms with van der Waals surface area (Å²) >= 11 is 0. The minimum Gasteiger partial charge on any atom is -0.504 e. The Balaban J connectivity index is 1.56. The van der Waals surface area contributed by atoms with Crippen LogP contribution in [0.3, 0.4) is 0 Å². The number of hydrogen-bond donors (Lipinski definition) is 1. The molecule has 3 rings (SSSR count). The van der Waals surface area contributed by atoms with Crippen molar-refractivity contribution in [1.29, 1.82) is 0 Å². The van der Waals surface area contributed by atoms with Crippen molar-refractivity contribution in [2.75, 3.05) is 6.61 Å². The fourth-order valence-corrected chi connectivity index (χ4v) is 2.85. The average Bonchev–Trinajstić information content (AvgIpc) is 2.65. The molecule has 0 bridgehead atoms. The molecule has 140 valence electrons. The molecule has 0 radical (unpaired) electrons. The van der Waals surface area contributed by atoms with Crippen molar-refractivity contribution in [3.63, 3.8) is 0 Å². The number of rotatable bonds is 7. The first-order valence-electron chi connectivity index (χ1n) is 9.03. The van der Waals surface area contributed by atoms with Gasteiger partial charge in [-0.2, -0.15) is 0 Å². The van der Waals surface area contributed by atoms with E-state index in [9.17, 15) is 9.90 Å². The van der Waals surface area contributed by atoms with E-state index < -0.39 is 5.60 Å². The number of fused-ring (bicyclic) bond motifs is 1. The van der Waals surface area contributed by atoms with Crippen LogP contribution in [0.1, 0.15) is 25.8 Å². The molecule has 0 saturated heterocycles. The summed E-state index contributed by atoms with van der Waals surface area (Å²) in [6, 6.07) is 21.0. The number of ether oxygens (including phenoxy) is 2. The Kier molecular flexibility index (Phi) is 5.65. The summed E-state index contributed by atoms with van der Waals surface area (Å²) in [5, 5.41) is 12.1. The van der Waals surface area contributed by atoms with Gasteiger partial charge >= 0.3 is 5.97 Å². The van der Waals surface area contributed by atoms with Crippen molar-refractivity contribution in [3.8, 4) is 11.5 Å². The number of aromatic hydroxyl groups is 1. The highest BCUT2D eigenvalue weighted by molar-refractivity contribution is 5.85. The van der Waals surface area contributed by atoms with Gasteiger partial charge in [0, 0.05) is 6.42 Å². The second-order valence-corrected chi connectivity index (χ2v) is 7.18. The minimum absolute atomic E-state index is 0.0694. The number of esters is 1. The van der Waals surface area contributed by atoms with Crippen LogP contribution in [0.5, 0.6) is 11.5 Å². The molecule has 0 aromatic heterocycles. The lowest BCUT2D eigenvalue weighted by atomic mass is 10.1. The van der Waals surface area contributed by atoms with Gasteiger partial charge in [0.25, 0.3) is 0 Å². The standard InChI is InChI=1S/C23H24O4/c1-23(2,27-22(25)13-12-17-8-4-3-5-9-17)16-26-21-15-19-11-7-6-10-18(19)14-20(21)24/h3-11,14-15,24H,12-13,16H2,1-2H3. The smallest absolute Gasteiger partial charge is 0.306 e. The molecule has 0 heterocycles. The first-order chi connectivity index (χ1) is 12.9. The molecule has 3 aromatic carbocycles. The van der Waals surface area contributed by atoms with Crippen molar-refractivity contribution in [1.82, 2.24) is 0 Å². The van der Waals surface area contributed by atoms with Crippen molar-refractivity contribution in [3.05, 3.63) is 72.3 Å². The molecule has 0 atom stereocenters. The lowest BCUT2D eigenvalue weighted by Crippen LogP contribution is -2.35. The minimum atomic E-state index is -0.800. The average molecular weight is 364 g/mol. The van der Waals surface area contributed by atoms with Crippen LogP contribution in [-0.2, 0) is 16.0 Å². The van der Waals surface area contributed by atoms with Gasteiger partial charge in [-0.15, -0.1) is 0 Å². The zero-order valence-corrected chi connectivity index (χ0v) is 15.6. The van der Waals surface area contributed by atoms with E-state index in [4.69, 9.17) is 9.47 Å². The number of aryl methyl sites for hydroxylation is 1. The van der Waals surface area contributed by atoms with Gasteiger partial charge in [0.2, 0.25) is 0 Å². The van der Waals surface area contributed by atoms with Gasteiger partial charge in [0.1, 0.15) is 12.2 Å². The largest absolute Gasteiger partial charge is 0.504 e. The Bertz CT molecular complexity index is 916. The Morgan fingerprint density at radius 1 is 0.963 bits per heavy atom. The molecule has 27 heavy (non-hydrogen) atoms. The quantitative estimate of drug-likeness (QED) is 0.607. The lowest BCUT2D eigenvalue weighted by molar-refractivity contribution is -0.159. The molecular weight excluding hydrogens is 340 g/mol. The van der Waals surface area contributed by atoms with Crippen LogP contribution in [0, 0.1) is 0 Å². The first-order valence-corrected chi connectivity index (χ1v) is 9.03. The maximum Gasteiger partial charge on any atom is 0.306 e. The normalized spacial score (nSPS) is 11.3. The van der Waals surface area contributed by atoms with E-state index >= 15 is 0 Å². The van der Waals surface area contributed by atoms with E-state index in [1.54, 1.807) is 26.0 Å². The molecule has 0 aliphatic carbocycles. The van der Waals surface area contributed by atoms with E-state index in [2.05, 4.69) is 0 Å². The fourth-order valence-electron chi connectivity index (χ4n) is 2.85. The molecular formula is C23H24O4. The molecule has 0 fully saturated rings. The third-order valence-electron chi connectivity index (χ3n) is 4.25. The van der Waals surface area contributed by atoms with Gasteiger partial charge in [0.05, 0.1) is 0 Å². The molecule has 0 spiro atoms. The lowest BCUT2D eigenvalue weighted by Gasteiger charge is -2.25. The fraction of sp³-hybridized carbons (Fsp3) is 0.261. The molecule has 0 aliphatic heterocycles. The van der Waals surface area contributed by atoms with Crippen LogP contribution in [-0.4, -0.2) is 23.3 Å². The van der Waals surface area contributed by atoms with Gasteiger partial charge in [0.15, 0.2) is 11.5 Å². The molecule has 1 N–H and O–H groups in total. The molecule has 3 aromatic rings. The maximum absolute atomic E-state index is 12.2. The second kappa shape index (κ2) is 8.12. The van der Waals surface area contributed by atoms with Crippen LogP contribution in [0.15, 0.2) is 66.7 Å². The van der Waals surface area contributed by atoms with Crippen LogP contribution in [0.4, 0.5) is 0 Å². The van der Waals surface area contributed by atoms with Crippen LogP contribution >= 0.6 is 0 Å². The van der Waals surface area contributed by atoms with Gasteiger partial charge in [-0.25, -0.2) is 0 Å². The summed E-state index contributed by atoms with van der Waals surface area (Å²) in [5.41, 5.74) is 0.302. The third-order valence-corrected chi connectivity index (χ3v) is 4.25. The SMILES string of the molecule is CC(C)(COc1cc2ccccc2cc1O)OC(=O)CCc1ccccc1. The number of carbonyl (C=O) groups excluding carboxylic acids is 1. The molecule has 0 aliphatic rings. The maximum atomic E-state index is 12.2. The highest BCUT2D eigenvalue weighted by Crippen LogP contribution is 2.32. The summed E-state index contributed by atoms with van der Waals surface area (Å²) in [6.07, 6.45) is 0.955. The molecule has 0 unspecified atom stereocenters. The molecule has 0 amide bonds. The number of benzene rings is 3. The van der Waals surface area contributed by atoms with Gasteiger partial charge in [-0.3, -0.25) is 4.79 Å². The van der Waals surface area contributed by atoms with Gasteiger partial charge < -0.3 is 14.6 Å². The zero-order valence-electron chi connectivity index (χ0n) is 15.6. The Morgan fingerprint density at radius 3 is 2.30 bits per heavy atom. The predicted molar refractivity (Wildman–Crippen MR) is 106 cm³/mol. The van der Waals surface area contributed by atoms with E-state index in [1.165, 1.54) is 0 Å². The van der Waals surface area contributed by atoms with E-state index in [-0.39, 0.29) is 18.3 Å². The van der Waals surface area contributed by atoms with Crippen molar-refractivity contribution in [2.24, 2.45) is 0 Å². The van der Waals surface area contributed by atoms with Crippen molar-refractivity contribution < 1.29 is 19.4 Å².